The minimum atomic E-state index is -0.727. The van der Waals surface area contributed by atoms with Crippen LogP contribution in [0.25, 0.3) is 0 Å². The van der Waals surface area contributed by atoms with E-state index in [0.717, 1.165) is 17.9 Å². The molecule has 1 saturated heterocycles. The predicted octanol–water partition coefficient (Wildman–Crippen LogP) is 2.86. The Hall–Kier alpha value is -1.16. The van der Waals surface area contributed by atoms with Crippen LogP contribution < -0.4 is 4.90 Å². The summed E-state index contributed by atoms with van der Waals surface area (Å²) in [6, 6.07) is 10.6. The van der Waals surface area contributed by atoms with Crippen LogP contribution in [-0.2, 0) is 4.79 Å². The summed E-state index contributed by atoms with van der Waals surface area (Å²) < 4.78 is 0. The molecule has 1 aromatic rings. The molecular weight excluding hydrogens is 246 g/mol. The maximum absolute atomic E-state index is 10.8. The van der Waals surface area contributed by atoms with E-state index in [1.165, 1.54) is 0 Å². The van der Waals surface area contributed by atoms with E-state index in [1.807, 2.05) is 30.0 Å². The second kappa shape index (κ2) is 6.14. The van der Waals surface area contributed by atoms with Gasteiger partial charge in [0.1, 0.15) is 0 Å². The molecule has 1 heterocycles. The van der Waals surface area contributed by atoms with Crippen LogP contribution in [0.3, 0.4) is 0 Å². The van der Waals surface area contributed by atoms with Gasteiger partial charge in [-0.15, -0.1) is 0 Å². The van der Waals surface area contributed by atoms with Crippen molar-refractivity contribution in [3.8, 4) is 0 Å². The van der Waals surface area contributed by atoms with Crippen molar-refractivity contribution in [1.82, 2.24) is 0 Å². The lowest BCUT2D eigenvalue weighted by molar-refractivity contribution is -0.136. The number of hydrogen-bond acceptors (Lipinski definition) is 3. The van der Waals surface area contributed by atoms with E-state index >= 15 is 0 Å². The first-order chi connectivity index (χ1) is 8.66. The van der Waals surface area contributed by atoms with Gasteiger partial charge in [0.15, 0.2) is 0 Å². The Bertz CT molecular complexity index is 396. The Morgan fingerprint density at radius 2 is 2.17 bits per heavy atom. The third-order valence-corrected chi connectivity index (χ3v) is 4.61. The molecule has 3 nitrogen and oxygen atoms in total. The van der Waals surface area contributed by atoms with Crippen molar-refractivity contribution >= 4 is 23.4 Å². The van der Waals surface area contributed by atoms with Gasteiger partial charge in [0.05, 0.1) is 6.42 Å². The van der Waals surface area contributed by atoms with Crippen LogP contribution in [0.4, 0.5) is 5.69 Å². The topological polar surface area (TPSA) is 40.5 Å². The summed E-state index contributed by atoms with van der Waals surface area (Å²) in [5, 5.41) is 9.54. The van der Waals surface area contributed by atoms with E-state index in [2.05, 4.69) is 24.0 Å². The van der Waals surface area contributed by atoms with Gasteiger partial charge in [-0.1, -0.05) is 25.1 Å². The number of rotatable bonds is 5. The van der Waals surface area contributed by atoms with Crippen LogP contribution in [-0.4, -0.2) is 34.7 Å². The number of anilines is 1. The van der Waals surface area contributed by atoms with Gasteiger partial charge in [-0.2, -0.15) is 11.8 Å². The number of carboxylic acids is 1. The minimum absolute atomic E-state index is 0.199. The zero-order valence-corrected chi connectivity index (χ0v) is 11.4. The molecular formula is C14H19NO2S. The Kier molecular flexibility index (Phi) is 4.53. The highest BCUT2D eigenvalue weighted by molar-refractivity contribution is 8.00. The van der Waals surface area contributed by atoms with Crippen molar-refractivity contribution in [2.45, 2.75) is 31.1 Å². The van der Waals surface area contributed by atoms with Crippen molar-refractivity contribution in [1.29, 1.82) is 0 Å². The third kappa shape index (κ3) is 3.42. The molecule has 0 aliphatic carbocycles. The van der Waals surface area contributed by atoms with Crippen LogP contribution in [0, 0.1) is 0 Å². The van der Waals surface area contributed by atoms with Gasteiger partial charge in [0.2, 0.25) is 0 Å². The minimum Gasteiger partial charge on any atom is -0.481 e. The molecule has 2 rings (SSSR count). The van der Waals surface area contributed by atoms with Gasteiger partial charge in [0.25, 0.3) is 0 Å². The molecule has 0 saturated carbocycles. The summed E-state index contributed by atoms with van der Waals surface area (Å²) in [6.45, 7) is 2.84. The molecule has 4 heteroatoms. The molecule has 0 aromatic heterocycles. The van der Waals surface area contributed by atoms with E-state index in [0.29, 0.717) is 17.8 Å². The normalized spacial score (nSPS) is 22.9. The molecule has 1 N–H and O–H groups in total. The summed E-state index contributed by atoms with van der Waals surface area (Å²) in [7, 11) is 0. The second-order valence-corrected chi connectivity index (χ2v) is 6.18. The average Bonchev–Trinajstić information content (AvgIpc) is 2.77. The maximum atomic E-state index is 10.8. The summed E-state index contributed by atoms with van der Waals surface area (Å²) in [5.41, 5.74) is 1.14. The molecule has 1 aliphatic rings. The van der Waals surface area contributed by atoms with Crippen molar-refractivity contribution in [3.05, 3.63) is 30.3 Å². The Morgan fingerprint density at radius 3 is 2.72 bits per heavy atom. The van der Waals surface area contributed by atoms with E-state index in [4.69, 9.17) is 5.11 Å². The molecule has 18 heavy (non-hydrogen) atoms. The number of para-hydroxylation sites is 1. The third-order valence-electron chi connectivity index (χ3n) is 3.27. The molecule has 98 valence electrons. The first-order valence-corrected chi connectivity index (χ1v) is 7.37. The largest absolute Gasteiger partial charge is 0.481 e. The Balaban J connectivity index is 2.10. The molecule has 1 aromatic carbocycles. The molecule has 0 spiro atoms. The van der Waals surface area contributed by atoms with Gasteiger partial charge in [-0.05, 0) is 18.6 Å². The van der Waals surface area contributed by atoms with Crippen LogP contribution in [0.2, 0.25) is 0 Å². The predicted molar refractivity (Wildman–Crippen MR) is 76.4 cm³/mol. The van der Waals surface area contributed by atoms with Crippen molar-refractivity contribution in [2.75, 3.05) is 17.2 Å². The summed E-state index contributed by atoms with van der Waals surface area (Å²) in [5.74, 6) is 0.366. The maximum Gasteiger partial charge on any atom is 0.305 e. The SMILES string of the molecule is CC1CC(N(CCC(=O)O)c2ccccc2)CS1. The monoisotopic (exact) mass is 265 g/mol. The first-order valence-electron chi connectivity index (χ1n) is 6.32. The molecule has 0 amide bonds. The quantitative estimate of drug-likeness (QED) is 0.888. The average molecular weight is 265 g/mol. The highest BCUT2D eigenvalue weighted by atomic mass is 32.2. The molecule has 0 radical (unpaired) electrons. The summed E-state index contributed by atoms with van der Waals surface area (Å²) in [6.07, 6.45) is 1.34. The second-order valence-electron chi connectivity index (χ2n) is 4.71. The Labute approximate surface area is 112 Å². The van der Waals surface area contributed by atoms with Gasteiger partial charge >= 0.3 is 5.97 Å². The van der Waals surface area contributed by atoms with E-state index in [1.54, 1.807) is 0 Å². The summed E-state index contributed by atoms with van der Waals surface area (Å²) >= 11 is 1.97. The van der Waals surface area contributed by atoms with Crippen LogP contribution in [0.5, 0.6) is 0 Å². The fraction of sp³-hybridized carbons (Fsp3) is 0.500. The number of carbonyl (C=O) groups is 1. The van der Waals surface area contributed by atoms with Crippen molar-refractivity contribution < 1.29 is 9.90 Å². The van der Waals surface area contributed by atoms with Crippen LogP contribution in [0.15, 0.2) is 30.3 Å². The zero-order chi connectivity index (χ0) is 13.0. The highest BCUT2D eigenvalue weighted by Crippen LogP contribution is 2.32. The lowest BCUT2D eigenvalue weighted by atomic mass is 10.1. The lowest BCUT2D eigenvalue weighted by Gasteiger charge is -2.30. The smallest absolute Gasteiger partial charge is 0.305 e. The number of benzene rings is 1. The fourth-order valence-electron chi connectivity index (χ4n) is 2.37. The van der Waals surface area contributed by atoms with E-state index in [-0.39, 0.29) is 6.42 Å². The molecule has 2 unspecified atom stereocenters. The standard InChI is InChI=1S/C14H19NO2S/c1-11-9-13(10-18-11)15(8-7-14(16)17)12-5-3-2-4-6-12/h2-6,11,13H,7-10H2,1H3,(H,16,17). The van der Waals surface area contributed by atoms with Crippen molar-refractivity contribution in [3.63, 3.8) is 0 Å². The van der Waals surface area contributed by atoms with E-state index < -0.39 is 5.97 Å². The van der Waals surface area contributed by atoms with Crippen LogP contribution >= 0.6 is 11.8 Å². The first kappa shape index (κ1) is 13.3. The lowest BCUT2D eigenvalue weighted by Crippen LogP contribution is -2.37. The van der Waals surface area contributed by atoms with E-state index in [9.17, 15) is 4.79 Å². The number of carboxylic acid groups (broad SMARTS) is 1. The van der Waals surface area contributed by atoms with Gasteiger partial charge in [-0.3, -0.25) is 4.79 Å². The fourth-order valence-corrected chi connectivity index (χ4v) is 3.59. The number of nitrogens with zero attached hydrogens (tertiary/aromatic N) is 1. The highest BCUT2D eigenvalue weighted by Gasteiger charge is 2.27. The van der Waals surface area contributed by atoms with Gasteiger partial charge in [0, 0.05) is 29.3 Å². The summed E-state index contributed by atoms with van der Waals surface area (Å²) in [4.78, 5) is 13.0. The number of thioether (sulfide) groups is 1. The Morgan fingerprint density at radius 1 is 1.44 bits per heavy atom. The number of hydrogen-bond donors (Lipinski definition) is 1. The van der Waals surface area contributed by atoms with Crippen LogP contribution in [0.1, 0.15) is 19.8 Å². The molecule has 1 fully saturated rings. The van der Waals surface area contributed by atoms with Gasteiger partial charge < -0.3 is 10.0 Å². The molecule has 2 atom stereocenters. The molecule has 1 aliphatic heterocycles. The number of aliphatic carboxylic acids is 1. The molecule has 0 bridgehead atoms. The van der Waals surface area contributed by atoms with Gasteiger partial charge in [-0.25, -0.2) is 0 Å². The zero-order valence-electron chi connectivity index (χ0n) is 10.6. The van der Waals surface area contributed by atoms with Crippen molar-refractivity contribution in [2.24, 2.45) is 0 Å².